The Bertz CT molecular complexity index is 709. The second kappa shape index (κ2) is 5.00. The van der Waals surface area contributed by atoms with Crippen molar-refractivity contribution in [1.29, 1.82) is 0 Å². The third kappa shape index (κ3) is 2.16. The van der Waals surface area contributed by atoms with Crippen LogP contribution in [0.25, 0.3) is 6.08 Å². The molecule has 3 heteroatoms. The first-order valence-electron chi connectivity index (χ1n) is 6.99. The van der Waals surface area contributed by atoms with Crippen molar-refractivity contribution in [1.82, 2.24) is 9.97 Å². The molecule has 0 aromatic carbocycles. The Morgan fingerprint density at radius 2 is 2.05 bits per heavy atom. The summed E-state index contributed by atoms with van der Waals surface area (Å²) in [5, 5.41) is 0. The molecule has 0 atom stereocenters. The zero-order valence-electron chi connectivity index (χ0n) is 12.1. The predicted molar refractivity (Wildman–Crippen MR) is 83.8 cm³/mol. The van der Waals surface area contributed by atoms with Crippen molar-refractivity contribution in [3.05, 3.63) is 64.4 Å². The molecule has 0 aliphatic carbocycles. The Kier molecular flexibility index (Phi) is 3.18. The van der Waals surface area contributed by atoms with E-state index in [-0.39, 0.29) is 0 Å². The molecular weight excluding hydrogens is 246 g/mol. The maximum atomic E-state index is 4.82. The van der Waals surface area contributed by atoms with Crippen LogP contribution in [0.1, 0.15) is 37.4 Å². The van der Waals surface area contributed by atoms with E-state index in [0.717, 1.165) is 29.2 Å². The van der Waals surface area contributed by atoms with Crippen LogP contribution in [0.3, 0.4) is 0 Å². The van der Waals surface area contributed by atoms with Crippen LogP contribution in [0.2, 0.25) is 0 Å². The number of aromatic nitrogens is 2. The van der Waals surface area contributed by atoms with Gasteiger partial charge in [-0.1, -0.05) is 6.92 Å². The number of aliphatic imine (C=N–C) groups is 1. The van der Waals surface area contributed by atoms with E-state index in [0.29, 0.717) is 0 Å². The molecule has 3 heterocycles. The molecule has 1 aliphatic rings. The molecule has 102 valence electrons. The fraction of sp³-hybridized carbons (Fsp3) is 0.235. The van der Waals surface area contributed by atoms with Gasteiger partial charge in [-0.2, -0.15) is 0 Å². The molecule has 0 saturated heterocycles. The molecule has 2 N–H and O–H groups in total. The number of rotatable bonds is 3. The lowest BCUT2D eigenvalue weighted by Crippen LogP contribution is -2.02. The molecule has 0 amide bonds. The summed E-state index contributed by atoms with van der Waals surface area (Å²) < 4.78 is 0. The van der Waals surface area contributed by atoms with Crippen molar-refractivity contribution in [3.63, 3.8) is 0 Å². The van der Waals surface area contributed by atoms with Crippen molar-refractivity contribution >= 4 is 11.8 Å². The lowest BCUT2D eigenvalue weighted by molar-refractivity contribution is 1.14. The lowest BCUT2D eigenvalue weighted by atomic mass is 10.0. The van der Waals surface area contributed by atoms with E-state index in [2.05, 4.69) is 55.0 Å². The summed E-state index contributed by atoms with van der Waals surface area (Å²) in [6.45, 7) is 6.39. The molecule has 0 unspecified atom stereocenters. The van der Waals surface area contributed by atoms with Crippen LogP contribution in [-0.4, -0.2) is 15.7 Å². The first-order chi connectivity index (χ1) is 9.69. The van der Waals surface area contributed by atoms with Crippen LogP contribution >= 0.6 is 0 Å². The van der Waals surface area contributed by atoms with Crippen molar-refractivity contribution < 1.29 is 0 Å². The second-order valence-electron chi connectivity index (χ2n) is 5.13. The van der Waals surface area contributed by atoms with Gasteiger partial charge in [0.25, 0.3) is 0 Å². The number of aromatic amines is 2. The molecule has 0 spiro atoms. The van der Waals surface area contributed by atoms with Gasteiger partial charge >= 0.3 is 0 Å². The summed E-state index contributed by atoms with van der Waals surface area (Å²) in [6, 6.07) is 8.25. The highest BCUT2D eigenvalue weighted by molar-refractivity contribution is 6.15. The van der Waals surface area contributed by atoms with Gasteiger partial charge in [-0.25, -0.2) is 4.99 Å². The molecule has 1 aliphatic heterocycles. The summed E-state index contributed by atoms with van der Waals surface area (Å²) in [4.78, 5) is 11.4. The second-order valence-corrected chi connectivity index (χ2v) is 5.13. The molecule has 3 nitrogen and oxygen atoms in total. The Balaban J connectivity index is 2.05. The topological polar surface area (TPSA) is 43.9 Å². The fourth-order valence-corrected chi connectivity index (χ4v) is 2.63. The van der Waals surface area contributed by atoms with Gasteiger partial charge in [-0.3, -0.25) is 0 Å². The van der Waals surface area contributed by atoms with E-state index in [4.69, 9.17) is 4.99 Å². The summed E-state index contributed by atoms with van der Waals surface area (Å²) >= 11 is 0. The summed E-state index contributed by atoms with van der Waals surface area (Å²) in [5.41, 5.74) is 8.07. The van der Waals surface area contributed by atoms with Crippen LogP contribution < -0.4 is 0 Å². The molecule has 2 aromatic heterocycles. The van der Waals surface area contributed by atoms with Crippen LogP contribution in [0.5, 0.6) is 0 Å². The third-order valence-corrected chi connectivity index (χ3v) is 3.71. The highest BCUT2D eigenvalue weighted by Crippen LogP contribution is 2.30. The van der Waals surface area contributed by atoms with Crippen LogP contribution in [0, 0.1) is 6.92 Å². The average Bonchev–Trinajstić information content (AvgIpc) is 3.12. The van der Waals surface area contributed by atoms with Crippen molar-refractivity contribution in [3.8, 4) is 0 Å². The van der Waals surface area contributed by atoms with Crippen LogP contribution in [0.4, 0.5) is 0 Å². The number of nitrogens with zero attached hydrogens (tertiary/aromatic N) is 1. The fourth-order valence-electron chi connectivity index (χ4n) is 2.63. The maximum absolute atomic E-state index is 4.82. The number of H-pyrrole nitrogens is 2. The molecule has 3 rings (SSSR count). The van der Waals surface area contributed by atoms with Gasteiger partial charge < -0.3 is 9.97 Å². The van der Waals surface area contributed by atoms with E-state index >= 15 is 0 Å². The van der Waals surface area contributed by atoms with E-state index in [1.807, 2.05) is 12.3 Å². The Morgan fingerprint density at radius 1 is 1.20 bits per heavy atom. The van der Waals surface area contributed by atoms with Gasteiger partial charge in [0.1, 0.15) is 0 Å². The zero-order valence-corrected chi connectivity index (χ0v) is 12.1. The predicted octanol–water partition coefficient (Wildman–Crippen LogP) is 4.22. The molecule has 0 fully saturated rings. The number of allylic oxidation sites excluding steroid dienone is 2. The monoisotopic (exact) mass is 265 g/mol. The number of nitrogens with one attached hydrogen (secondary N) is 2. The van der Waals surface area contributed by atoms with Crippen LogP contribution in [-0.2, 0) is 0 Å². The lowest BCUT2D eigenvalue weighted by Gasteiger charge is -2.02. The Labute approximate surface area is 119 Å². The first kappa shape index (κ1) is 12.7. The molecule has 0 saturated carbocycles. The summed E-state index contributed by atoms with van der Waals surface area (Å²) in [5.74, 6) is 0. The Hall–Kier alpha value is -2.29. The molecule has 0 bridgehead atoms. The first-order valence-corrected chi connectivity index (χ1v) is 6.99. The van der Waals surface area contributed by atoms with Gasteiger partial charge in [0, 0.05) is 17.6 Å². The number of hydrogen-bond donors (Lipinski definition) is 2. The minimum Gasteiger partial charge on any atom is -0.360 e. The standard InChI is InChI=1S/C17H19N3/c1-4-14-12(3)16(10-13-8-7-11(2)19-13)20-17(14)15-6-5-9-18-15/h5-10,18-19H,4H2,1-3H3/b16-10-. The quantitative estimate of drug-likeness (QED) is 0.834. The largest absolute Gasteiger partial charge is 0.360 e. The average molecular weight is 265 g/mol. The molecule has 0 radical (unpaired) electrons. The molecule has 20 heavy (non-hydrogen) atoms. The third-order valence-electron chi connectivity index (χ3n) is 3.71. The van der Waals surface area contributed by atoms with Gasteiger partial charge in [-0.15, -0.1) is 0 Å². The molecule has 2 aromatic rings. The van der Waals surface area contributed by atoms with E-state index in [1.165, 1.54) is 16.8 Å². The van der Waals surface area contributed by atoms with Crippen molar-refractivity contribution in [2.24, 2.45) is 4.99 Å². The van der Waals surface area contributed by atoms with Crippen molar-refractivity contribution in [2.45, 2.75) is 27.2 Å². The number of hydrogen-bond acceptors (Lipinski definition) is 1. The maximum Gasteiger partial charge on any atom is 0.0906 e. The van der Waals surface area contributed by atoms with Gasteiger partial charge in [0.05, 0.1) is 17.1 Å². The zero-order chi connectivity index (χ0) is 14.1. The van der Waals surface area contributed by atoms with E-state index in [1.54, 1.807) is 0 Å². The minimum atomic E-state index is 0.991. The number of aryl methyl sites for hydroxylation is 1. The van der Waals surface area contributed by atoms with Gasteiger partial charge in [-0.05, 0) is 61.8 Å². The SMILES string of the molecule is CCC1=C(C)/C(=C/c2ccc(C)[nH]2)N=C1c1ccc[nH]1. The molecular formula is C17H19N3. The van der Waals surface area contributed by atoms with Crippen molar-refractivity contribution in [2.75, 3.05) is 0 Å². The van der Waals surface area contributed by atoms with Gasteiger partial charge in [0.15, 0.2) is 0 Å². The Morgan fingerprint density at radius 3 is 2.65 bits per heavy atom. The van der Waals surface area contributed by atoms with E-state index < -0.39 is 0 Å². The summed E-state index contributed by atoms with van der Waals surface area (Å²) in [7, 11) is 0. The highest BCUT2D eigenvalue weighted by atomic mass is 14.8. The normalized spacial score (nSPS) is 17.1. The van der Waals surface area contributed by atoms with Crippen LogP contribution in [0.15, 0.2) is 52.3 Å². The highest BCUT2D eigenvalue weighted by Gasteiger charge is 2.21. The smallest absolute Gasteiger partial charge is 0.0906 e. The van der Waals surface area contributed by atoms with Gasteiger partial charge in [0.2, 0.25) is 0 Å². The summed E-state index contributed by atoms with van der Waals surface area (Å²) in [6.07, 6.45) is 5.05. The minimum absolute atomic E-state index is 0.991. The van der Waals surface area contributed by atoms with E-state index in [9.17, 15) is 0 Å².